The number of hydrogen-bond donors (Lipinski definition) is 1. The summed E-state index contributed by atoms with van der Waals surface area (Å²) in [7, 11) is -4.35. The summed E-state index contributed by atoms with van der Waals surface area (Å²) in [5, 5.41) is 0. The molecule has 0 radical (unpaired) electrons. The van der Waals surface area contributed by atoms with Gasteiger partial charge in [0.2, 0.25) is 0 Å². The Morgan fingerprint density at radius 2 is 1.80 bits per heavy atom. The summed E-state index contributed by atoms with van der Waals surface area (Å²) < 4.78 is 9.76. The van der Waals surface area contributed by atoms with Crippen LogP contribution >= 0.6 is 7.60 Å². The van der Waals surface area contributed by atoms with Crippen LogP contribution in [-0.4, -0.2) is 6.16 Å². The maximum Gasteiger partial charge on any atom is 1.00 e. The minimum absolute atomic E-state index is 0. The van der Waals surface area contributed by atoms with Gasteiger partial charge >= 0.3 is 59.1 Å². The Bertz CT molecular complexity index is 134. The molecule has 0 rings (SSSR count). The smallest absolute Gasteiger partial charge is 0.811 e. The molecule has 0 saturated heterocycles. The summed E-state index contributed by atoms with van der Waals surface area (Å²) in [5.41, 5.74) is 4.76. The fraction of sp³-hybridized carbons (Fsp3) is 0.333. The first-order valence-corrected chi connectivity index (χ1v) is 3.67. The van der Waals surface area contributed by atoms with E-state index in [0.29, 0.717) is 0 Å². The molecule has 10 heavy (non-hydrogen) atoms. The molecule has 0 unspecified atom stereocenters. The van der Waals surface area contributed by atoms with Crippen molar-refractivity contribution in [2.75, 3.05) is 6.16 Å². The minimum atomic E-state index is -4.35. The van der Waals surface area contributed by atoms with Gasteiger partial charge in [-0.25, -0.2) is 0 Å². The van der Waals surface area contributed by atoms with E-state index in [4.69, 9.17) is 5.73 Å². The zero-order valence-electron chi connectivity index (χ0n) is 6.11. The van der Waals surface area contributed by atoms with Crippen molar-refractivity contribution in [3.63, 3.8) is 0 Å². The van der Waals surface area contributed by atoms with Crippen molar-refractivity contribution in [1.29, 1.82) is 0 Å². The number of nitrogens with two attached hydrogens (primary N) is 1. The third-order valence-electron chi connectivity index (χ3n) is 0.465. The molecule has 0 spiro atoms. The van der Waals surface area contributed by atoms with Crippen LogP contribution in [0.25, 0.3) is 0 Å². The molecule has 7 heteroatoms. The first-order valence-electron chi connectivity index (χ1n) is 1.94. The monoisotopic (exact) mass is 181 g/mol. The van der Waals surface area contributed by atoms with Crippen LogP contribution in [0, 0.1) is 0 Å². The molecule has 0 aliphatic carbocycles. The van der Waals surface area contributed by atoms with Crippen LogP contribution in [-0.2, 0) is 4.57 Å². The van der Waals surface area contributed by atoms with Crippen molar-refractivity contribution in [2.45, 2.75) is 0 Å². The Morgan fingerprint density at radius 1 is 1.40 bits per heavy atom. The van der Waals surface area contributed by atoms with Gasteiger partial charge in [0.15, 0.2) is 0 Å². The molecule has 0 aromatic carbocycles. The first-order chi connectivity index (χ1) is 3.56. The summed E-state index contributed by atoms with van der Waals surface area (Å²) in [6.45, 7) is 0. The minimum Gasteiger partial charge on any atom is -0.811 e. The maximum atomic E-state index is 9.76. The molecule has 0 heterocycles. The normalized spacial score (nSPS) is 10.2. The zero-order chi connectivity index (χ0) is 6.62. The van der Waals surface area contributed by atoms with Crippen molar-refractivity contribution < 1.29 is 73.5 Å². The van der Waals surface area contributed by atoms with E-state index in [1.54, 1.807) is 0 Å². The number of allylic oxidation sites excluding steroid dienone is 1. The van der Waals surface area contributed by atoms with Crippen molar-refractivity contribution in [1.82, 2.24) is 0 Å². The third-order valence-corrected chi connectivity index (χ3v) is 1.12. The largest absolute Gasteiger partial charge is 1.00 e. The van der Waals surface area contributed by atoms with Gasteiger partial charge in [-0.15, -0.1) is 0 Å². The Balaban J connectivity index is -0.000000245. The third kappa shape index (κ3) is 16.3. The van der Waals surface area contributed by atoms with Crippen LogP contribution < -0.4 is 74.6 Å². The van der Waals surface area contributed by atoms with Gasteiger partial charge in [0.1, 0.15) is 0 Å². The SMILES string of the molecule is NC=CCP(=O)([O-])[O-].[Na+].[Na+]. The second-order valence-corrected chi connectivity index (χ2v) is 2.81. The summed E-state index contributed by atoms with van der Waals surface area (Å²) in [6, 6.07) is 0. The van der Waals surface area contributed by atoms with Gasteiger partial charge in [0.25, 0.3) is 0 Å². The quantitative estimate of drug-likeness (QED) is 0.338. The van der Waals surface area contributed by atoms with Crippen LogP contribution in [0.4, 0.5) is 0 Å². The molecule has 0 atom stereocenters. The van der Waals surface area contributed by atoms with Gasteiger partial charge in [-0.2, -0.15) is 0 Å². The summed E-state index contributed by atoms with van der Waals surface area (Å²) >= 11 is 0. The molecule has 48 valence electrons. The van der Waals surface area contributed by atoms with Gasteiger partial charge < -0.3 is 20.1 Å². The Kier molecular flexibility index (Phi) is 15.5. The standard InChI is InChI=1S/C3H8NO3P.2Na/c4-2-1-3-8(5,6)7;;/h1-2H,3-4H2,(H2,5,6,7);;/q;2*+1/p-2. The maximum absolute atomic E-state index is 9.76. The van der Waals surface area contributed by atoms with Gasteiger partial charge in [0, 0.05) is 0 Å². The molecule has 0 aliphatic rings. The van der Waals surface area contributed by atoms with Crippen LogP contribution in [0.3, 0.4) is 0 Å². The van der Waals surface area contributed by atoms with E-state index in [2.05, 4.69) is 0 Å². The summed E-state index contributed by atoms with van der Waals surface area (Å²) in [5.74, 6) is 0. The molecule has 0 aliphatic heterocycles. The molecule has 0 amide bonds. The van der Waals surface area contributed by atoms with E-state index in [1.165, 1.54) is 0 Å². The number of hydrogen-bond acceptors (Lipinski definition) is 4. The average Bonchev–Trinajstić information content (AvgIpc) is 1.59. The van der Waals surface area contributed by atoms with E-state index >= 15 is 0 Å². The molecule has 0 aromatic heterocycles. The van der Waals surface area contributed by atoms with E-state index in [0.717, 1.165) is 12.3 Å². The Morgan fingerprint density at radius 3 is 1.90 bits per heavy atom. The van der Waals surface area contributed by atoms with Gasteiger partial charge in [-0.3, -0.25) is 0 Å². The Hall–Kier alpha value is 1.69. The van der Waals surface area contributed by atoms with E-state index in [9.17, 15) is 14.4 Å². The number of rotatable bonds is 2. The van der Waals surface area contributed by atoms with Crippen molar-refractivity contribution >= 4 is 7.60 Å². The molecule has 0 saturated carbocycles. The predicted octanol–water partition coefficient (Wildman–Crippen LogP) is -7.62. The van der Waals surface area contributed by atoms with Crippen LogP contribution in [0.2, 0.25) is 0 Å². The topological polar surface area (TPSA) is 89.2 Å². The predicted molar refractivity (Wildman–Crippen MR) is 25.8 cm³/mol. The Labute approximate surface area is 104 Å². The fourth-order valence-corrected chi connectivity index (χ4v) is 0.570. The molecular formula is C3H6NNa2O3P. The summed E-state index contributed by atoms with van der Waals surface area (Å²) in [6.07, 6.45) is 1.63. The first kappa shape index (κ1) is 17.7. The summed E-state index contributed by atoms with van der Waals surface area (Å²) in [4.78, 5) is 19.5. The van der Waals surface area contributed by atoms with Crippen molar-refractivity contribution in [3.05, 3.63) is 12.3 Å². The second kappa shape index (κ2) is 8.78. The van der Waals surface area contributed by atoms with E-state index in [1.807, 2.05) is 0 Å². The van der Waals surface area contributed by atoms with Gasteiger partial charge in [-0.1, -0.05) is 13.7 Å². The van der Waals surface area contributed by atoms with Gasteiger partial charge in [0.05, 0.1) is 0 Å². The van der Waals surface area contributed by atoms with Crippen LogP contribution in [0.15, 0.2) is 12.3 Å². The van der Waals surface area contributed by atoms with Crippen LogP contribution in [0.1, 0.15) is 0 Å². The molecule has 4 nitrogen and oxygen atoms in total. The van der Waals surface area contributed by atoms with Crippen molar-refractivity contribution in [2.24, 2.45) is 5.73 Å². The van der Waals surface area contributed by atoms with E-state index in [-0.39, 0.29) is 59.1 Å². The second-order valence-electron chi connectivity index (χ2n) is 1.22. The molecule has 2 N–H and O–H groups in total. The average molecular weight is 181 g/mol. The molecule has 0 fully saturated rings. The fourth-order valence-electron chi connectivity index (χ4n) is 0.190. The van der Waals surface area contributed by atoms with Crippen molar-refractivity contribution in [3.8, 4) is 0 Å². The van der Waals surface area contributed by atoms with E-state index < -0.39 is 13.8 Å². The zero-order valence-corrected chi connectivity index (χ0v) is 11.0. The molecule has 0 aromatic rings. The van der Waals surface area contributed by atoms with Gasteiger partial charge in [-0.05, 0) is 12.4 Å². The molecule has 0 bridgehead atoms. The molecular weight excluding hydrogens is 175 g/mol. The van der Waals surface area contributed by atoms with Crippen LogP contribution in [0.5, 0.6) is 0 Å².